The molecule has 1 amide bonds. The van der Waals surface area contributed by atoms with Crippen LogP contribution in [0.15, 0.2) is 48.5 Å². The summed E-state index contributed by atoms with van der Waals surface area (Å²) in [4.78, 5) is 19.4. The van der Waals surface area contributed by atoms with Gasteiger partial charge in [0.2, 0.25) is 5.91 Å². The monoisotopic (exact) mass is 365 g/mol. The van der Waals surface area contributed by atoms with E-state index in [4.69, 9.17) is 14.5 Å². The molecule has 0 N–H and O–H groups in total. The highest BCUT2D eigenvalue weighted by Crippen LogP contribution is 2.33. The molecule has 1 aromatic heterocycles. The van der Waals surface area contributed by atoms with Crippen molar-refractivity contribution < 1.29 is 14.3 Å². The fraction of sp³-hybridized carbons (Fsp3) is 0.333. The van der Waals surface area contributed by atoms with Crippen LogP contribution in [0.1, 0.15) is 18.2 Å². The molecule has 1 aliphatic heterocycles. The summed E-state index contributed by atoms with van der Waals surface area (Å²) in [6.45, 7) is 1.96. The van der Waals surface area contributed by atoms with Gasteiger partial charge >= 0.3 is 0 Å². The number of ether oxygens (including phenoxy) is 2. The van der Waals surface area contributed by atoms with E-state index in [0.717, 1.165) is 34.8 Å². The lowest BCUT2D eigenvalue weighted by molar-refractivity contribution is -0.117. The summed E-state index contributed by atoms with van der Waals surface area (Å²) in [6, 6.07) is 15.7. The fourth-order valence-corrected chi connectivity index (χ4v) is 3.72. The lowest BCUT2D eigenvalue weighted by atomic mass is 10.1. The van der Waals surface area contributed by atoms with Crippen LogP contribution in [0.3, 0.4) is 0 Å². The van der Waals surface area contributed by atoms with Crippen LogP contribution < -0.4 is 9.64 Å². The molecule has 6 heteroatoms. The molecule has 1 aliphatic rings. The molecule has 0 aliphatic carbocycles. The molecule has 1 saturated heterocycles. The van der Waals surface area contributed by atoms with E-state index >= 15 is 0 Å². The highest BCUT2D eigenvalue weighted by atomic mass is 16.5. The third-order valence-electron chi connectivity index (χ3n) is 5.08. The summed E-state index contributed by atoms with van der Waals surface area (Å²) < 4.78 is 12.7. The van der Waals surface area contributed by atoms with Crippen molar-refractivity contribution in [1.29, 1.82) is 0 Å². The molecule has 1 fully saturated rings. The van der Waals surface area contributed by atoms with Crippen molar-refractivity contribution in [3.05, 3.63) is 54.4 Å². The zero-order chi connectivity index (χ0) is 18.8. The van der Waals surface area contributed by atoms with Crippen LogP contribution in [-0.2, 0) is 16.1 Å². The first-order chi connectivity index (χ1) is 13.2. The molecule has 0 bridgehead atoms. The van der Waals surface area contributed by atoms with Crippen molar-refractivity contribution >= 4 is 22.6 Å². The number of anilines is 1. The number of amides is 1. The van der Waals surface area contributed by atoms with E-state index in [2.05, 4.69) is 10.6 Å². The second-order valence-electron chi connectivity index (χ2n) is 6.71. The average Bonchev–Trinajstić information content (AvgIpc) is 3.27. The molecule has 140 valence electrons. The largest absolute Gasteiger partial charge is 0.497 e. The maximum Gasteiger partial charge on any atom is 0.227 e. The maximum atomic E-state index is 12.7. The second kappa shape index (κ2) is 7.40. The lowest BCUT2D eigenvalue weighted by Crippen LogP contribution is -2.24. The second-order valence-corrected chi connectivity index (χ2v) is 6.71. The molecule has 4 rings (SSSR count). The first-order valence-electron chi connectivity index (χ1n) is 9.09. The van der Waals surface area contributed by atoms with Gasteiger partial charge in [0.1, 0.15) is 11.6 Å². The number of nitrogens with zero attached hydrogens (tertiary/aromatic N) is 3. The molecule has 2 aromatic carbocycles. The zero-order valence-electron chi connectivity index (χ0n) is 15.6. The Morgan fingerprint density at radius 3 is 2.63 bits per heavy atom. The number of fused-ring (bicyclic) bond motifs is 1. The van der Waals surface area contributed by atoms with E-state index < -0.39 is 0 Å². The Morgan fingerprint density at radius 1 is 1.11 bits per heavy atom. The van der Waals surface area contributed by atoms with E-state index in [9.17, 15) is 4.79 Å². The van der Waals surface area contributed by atoms with E-state index in [-0.39, 0.29) is 11.8 Å². The van der Waals surface area contributed by atoms with Crippen LogP contribution in [0.2, 0.25) is 0 Å². The van der Waals surface area contributed by atoms with Crippen molar-refractivity contribution in [1.82, 2.24) is 9.55 Å². The molecule has 27 heavy (non-hydrogen) atoms. The average molecular weight is 365 g/mol. The highest BCUT2D eigenvalue weighted by Gasteiger charge is 2.34. The van der Waals surface area contributed by atoms with Crippen LogP contribution in [0, 0.1) is 0 Å². The minimum absolute atomic E-state index is 0.0591. The van der Waals surface area contributed by atoms with Crippen LogP contribution >= 0.6 is 0 Å². The van der Waals surface area contributed by atoms with Crippen LogP contribution in [-0.4, -0.2) is 42.8 Å². The van der Waals surface area contributed by atoms with E-state index in [1.807, 2.05) is 47.4 Å². The van der Waals surface area contributed by atoms with Crippen LogP contribution in [0.5, 0.6) is 5.75 Å². The van der Waals surface area contributed by atoms with Crippen molar-refractivity contribution in [3.63, 3.8) is 0 Å². The van der Waals surface area contributed by atoms with Crippen molar-refractivity contribution in [2.45, 2.75) is 18.9 Å². The summed E-state index contributed by atoms with van der Waals surface area (Å²) in [7, 11) is 3.33. The van der Waals surface area contributed by atoms with Gasteiger partial charge in [0.15, 0.2) is 0 Å². The smallest absolute Gasteiger partial charge is 0.227 e. The Labute approximate surface area is 158 Å². The van der Waals surface area contributed by atoms with Crippen molar-refractivity contribution in [2.75, 3.05) is 32.3 Å². The number of methoxy groups -OCH3 is 2. The molecular formula is C21H23N3O3. The first kappa shape index (κ1) is 17.5. The Morgan fingerprint density at radius 2 is 1.89 bits per heavy atom. The topological polar surface area (TPSA) is 56.6 Å². The number of hydrogen-bond acceptors (Lipinski definition) is 4. The number of carbonyl (C=O) groups excluding carboxylic acids is 1. The summed E-state index contributed by atoms with van der Waals surface area (Å²) in [5.41, 5.74) is 2.93. The molecule has 1 atom stereocenters. The first-order valence-corrected chi connectivity index (χ1v) is 9.09. The van der Waals surface area contributed by atoms with Gasteiger partial charge in [0.05, 0.1) is 24.8 Å². The van der Waals surface area contributed by atoms with Gasteiger partial charge in [-0.1, -0.05) is 12.1 Å². The normalized spacial score (nSPS) is 17.0. The number of imidazole rings is 1. The van der Waals surface area contributed by atoms with Gasteiger partial charge in [0.25, 0.3) is 0 Å². The van der Waals surface area contributed by atoms with E-state index in [1.165, 1.54) is 0 Å². The number of benzene rings is 2. The minimum Gasteiger partial charge on any atom is -0.497 e. The number of aromatic nitrogens is 2. The standard InChI is InChI=1S/C21H23N3O3/c1-26-12-11-23-19-6-4-3-5-18(19)22-21(23)15-13-20(25)24(14-15)16-7-9-17(27-2)10-8-16/h3-10,15H,11-14H2,1-2H3/t15-/m0/s1. The molecule has 3 aromatic rings. The molecule has 0 saturated carbocycles. The Hall–Kier alpha value is -2.86. The molecule has 0 spiro atoms. The maximum absolute atomic E-state index is 12.7. The predicted octanol–water partition coefficient (Wildman–Crippen LogP) is 3.21. The Bertz CT molecular complexity index is 949. The lowest BCUT2D eigenvalue weighted by Gasteiger charge is -2.17. The van der Waals surface area contributed by atoms with Crippen LogP contribution in [0.25, 0.3) is 11.0 Å². The van der Waals surface area contributed by atoms with Gasteiger partial charge in [-0.3, -0.25) is 4.79 Å². The van der Waals surface area contributed by atoms with Crippen LogP contribution in [0.4, 0.5) is 5.69 Å². The quantitative estimate of drug-likeness (QED) is 0.673. The number of para-hydroxylation sites is 2. The Kier molecular flexibility index (Phi) is 4.81. The van der Waals surface area contributed by atoms with Gasteiger partial charge in [-0.25, -0.2) is 4.98 Å². The molecular weight excluding hydrogens is 342 g/mol. The van der Waals surface area contributed by atoms with Gasteiger partial charge in [0, 0.05) is 38.2 Å². The predicted molar refractivity (Wildman–Crippen MR) is 104 cm³/mol. The summed E-state index contributed by atoms with van der Waals surface area (Å²) >= 11 is 0. The SMILES string of the molecule is COCCn1c([C@H]2CC(=O)N(c3ccc(OC)cc3)C2)nc2ccccc21. The van der Waals surface area contributed by atoms with Gasteiger partial charge in [-0.2, -0.15) is 0 Å². The zero-order valence-corrected chi connectivity index (χ0v) is 15.6. The van der Waals surface area contributed by atoms with E-state index in [0.29, 0.717) is 19.6 Å². The van der Waals surface area contributed by atoms with Gasteiger partial charge < -0.3 is 18.9 Å². The molecule has 0 unspecified atom stereocenters. The van der Waals surface area contributed by atoms with Crippen molar-refractivity contribution in [2.24, 2.45) is 0 Å². The minimum atomic E-state index is 0.0591. The van der Waals surface area contributed by atoms with Gasteiger partial charge in [-0.05, 0) is 36.4 Å². The molecule has 0 radical (unpaired) electrons. The molecule has 6 nitrogen and oxygen atoms in total. The third-order valence-corrected chi connectivity index (χ3v) is 5.08. The number of carbonyl (C=O) groups is 1. The molecule has 2 heterocycles. The van der Waals surface area contributed by atoms with Gasteiger partial charge in [-0.15, -0.1) is 0 Å². The summed E-state index contributed by atoms with van der Waals surface area (Å²) in [5.74, 6) is 1.92. The fourth-order valence-electron chi connectivity index (χ4n) is 3.72. The van der Waals surface area contributed by atoms with Crippen molar-refractivity contribution in [3.8, 4) is 5.75 Å². The third kappa shape index (κ3) is 3.28. The number of rotatable bonds is 6. The summed E-state index contributed by atoms with van der Waals surface area (Å²) in [5, 5.41) is 0. The highest BCUT2D eigenvalue weighted by molar-refractivity contribution is 5.96. The Balaban J connectivity index is 1.65. The summed E-state index contributed by atoms with van der Waals surface area (Å²) in [6.07, 6.45) is 0.461. The van der Waals surface area contributed by atoms with E-state index in [1.54, 1.807) is 14.2 Å². The number of hydrogen-bond donors (Lipinski definition) is 0.